The minimum atomic E-state index is -0.120. The number of hydrogen-bond donors (Lipinski definition) is 1. The highest BCUT2D eigenvalue weighted by Crippen LogP contribution is 2.23. The van der Waals surface area contributed by atoms with Crippen molar-refractivity contribution in [1.29, 1.82) is 0 Å². The SMILES string of the molecule is CCn1ccc(CN(C)C(=O)c2cc(-c3cccs3)[nH]n2)n1. The number of carbonyl (C=O) groups is 1. The molecule has 3 heterocycles. The van der Waals surface area contributed by atoms with Crippen molar-refractivity contribution in [1.82, 2.24) is 24.9 Å². The Kier molecular flexibility index (Phi) is 4.06. The number of nitrogens with zero attached hydrogens (tertiary/aromatic N) is 4. The Hall–Kier alpha value is -2.41. The minimum Gasteiger partial charge on any atom is -0.334 e. The summed E-state index contributed by atoms with van der Waals surface area (Å²) in [6.07, 6.45) is 1.91. The molecule has 0 radical (unpaired) electrons. The molecule has 0 saturated heterocycles. The van der Waals surface area contributed by atoms with Crippen molar-refractivity contribution in [3.05, 3.63) is 47.2 Å². The molecule has 1 N–H and O–H groups in total. The van der Waals surface area contributed by atoms with E-state index in [2.05, 4.69) is 15.3 Å². The summed E-state index contributed by atoms with van der Waals surface area (Å²) >= 11 is 1.61. The number of carbonyl (C=O) groups excluding carboxylic acids is 1. The third-order valence-corrected chi connectivity index (χ3v) is 4.25. The summed E-state index contributed by atoms with van der Waals surface area (Å²) in [7, 11) is 1.76. The summed E-state index contributed by atoms with van der Waals surface area (Å²) in [6.45, 7) is 3.32. The predicted molar refractivity (Wildman–Crippen MR) is 85.6 cm³/mol. The van der Waals surface area contributed by atoms with E-state index in [4.69, 9.17) is 0 Å². The standard InChI is InChI=1S/C15H17N5OS/c1-3-20-7-6-11(18-20)10-19(2)15(21)13-9-12(16-17-13)14-5-4-8-22-14/h4-9H,3,10H2,1-2H3,(H,16,17). The molecule has 0 spiro atoms. The van der Waals surface area contributed by atoms with Crippen molar-refractivity contribution in [2.24, 2.45) is 0 Å². The van der Waals surface area contributed by atoms with E-state index in [-0.39, 0.29) is 5.91 Å². The van der Waals surface area contributed by atoms with Crippen molar-refractivity contribution in [2.45, 2.75) is 20.0 Å². The maximum absolute atomic E-state index is 12.4. The van der Waals surface area contributed by atoms with Crippen LogP contribution in [0.1, 0.15) is 23.1 Å². The lowest BCUT2D eigenvalue weighted by molar-refractivity contribution is 0.0777. The average molecular weight is 315 g/mol. The molecule has 0 bridgehead atoms. The highest BCUT2D eigenvalue weighted by Gasteiger charge is 2.17. The second kappa shape index (κ2) is 6.15. The van der Waals surface area contributed by atoms with Crippen LogP contribution in [0.5, 0.6) is 0 Å². The van der Waals surface area contributed by atoms with Gasteiger partial charge in [0.15, 0.2) is 5.69 Å². The lowest BCUT2D eigenvalue weighted by atomic mass is 10.3. The Morgan fingerprint density at radius 1 is 1.45 bits per heavy atom. The zero-order chi connectivity index (χ0) is 15.5. The second-order valence-electron chi connectivity index (χ2n) is 4.97. The quantitative estimate of drug-likeness (QED) is 0.787. The molecule has 7 heteroatoms. The fraction of sp³-hybridized carbons (Fsp3) is 0.267. The number of aromatic amines is 1. The van der Waals surface area contributed by atoms with E-state index >= 15 is 0 Å². The summed E-state index contributed by atoms with van der Waals surface area (Å²) < 4.78 is 1.84. The van der Waals surface area contributed by atoms with Gasteiger partial charge in [-0.25, -0.2) is 0 Å². The van der Waals surface area contributed by atoms with Crippen LogP contribution in [0.15, 0.2) is 35.8 Å². The molecule has 0 fully saturated rings. The van der Waals surface area contributed by atoms with Gasteiger partial charge in [0.1, 0.15) is 0 Å². The molecule has 0 aliphatic carbocycles. The first-order valence-corrected chi connectivity index (χ1v) is 7.92. The van der Waals surface area contributed by atoms with Crippen LogP contribution < -0.4 is 0 Å². The molecule has 0 aliphatic heterocycles. The maximum Gasteiger partial charge on any atom is 0.274 e. The molecule has 1 amide bonds. The van der Waals surface area contributed by atoms with E-state index < -0.39 is 0 Å². The van der Waals surface area contributed by atoms with E-state index in [9.17, 15) is 4.79 Å². The van der Waals surface area contributed by atoms with Gasteiger partial charge in [-0.15, -0.1) is 11.3 Å². The topological polar surface area (TPSA) is 66.8 Å². The van der Waals surface area contributed by atoms with Crippen molar-refractivity contribution >= 4 is 17.2 Å². The first-order valence-electron chi connectivity index (χ1n) is 7.04. The number of H-pyrrole nitrogens is 1. The van der Waals surface area contributed by atoms with Crippen molar-refractivity contribution in [3.63, 3.8) is 0 Å². The molecule has 0 unspecified atom stereocenters. The van der Waals surface area contributed by atoms with Crippen LogP contribution in [-0.4, -0.2) is 37.8 Å². The van der Waals surface area contributed by atoms with Gasteiger partial charge in [-0.2, -0.15) is 10.2 Å². The largest absolute Gasteiger partial charge is 0.334 e. The van der Waals surface area contributed by atoms with Crippen LogP contribution in [0.2, 0.25) is 0 Å². The van der Waals surface area contributed by atoms with E-state index in [1.54, 1.807) is 29.4 Å². The zero-order valence-corrected chi connectivity index (χ0v) is 13.3. The Morgan fingerprint density at radius 3 is 3.00 bits per heavy atom. The molecule has 0 saturated carbocycles. The monoisotopic (exact) mass is 315 g/mol. The molecule has 6 nitrogen and oxygen atoms in total. The third kappa shape index (κ3) is 2.94. The first kappa shape index (κ1) is 14.5. The summed E-state index contributed by atoms with van der Waals surface area (Å²) in [5.41, 5.74) is 2.15. The Labute approximate surface area is 132 Å². The van der Waals surface area contributed by atoms with Crippen molar-refractivity contribution < 1.29 is 4.79 Å². The van der Waals surface area contributed by atoms with Gasteiger partial charge in [0.2, 0.25) is 0 Å². The van der Waals surface area contributed by atoms with Gasteiger partial charge in [-0.1, -0.05) is 6.07 Å². The van der Waals surface area contributed by atoms with Crippen LogP contribution in [0.4, 0.5) is 0 Å². The van der Waals surface area contributed by atoms with Crippen LogP contribution in [-0.2, 0) is 13.1 Å². The molecule has 3 rings (SSSR count). The van der Waals surface area contributed by atoms with Gasteiger partial charge in [-0.3, -0.25) is 14.6 Å². The van der Waals surface area contributed by atoms with E-state index in [1.807, 2.05) is 41.4 Å². The smallest absolute Gasteiger partial charge is 0.274 e. The maximum atomic E-state index is 12.4. The van der Waals surface area contributed by atoms with Crippen LogP contribution >= 0.6 is 11.3 Å². The second-order valence-corrected chi connectivity index (χ2v) is 5.92. The van der Waals surface area contributed by atoms with E-state index in [0.717, 1.165) is 22.8 Å². The number of nitrogens with one attached hydrogen (secondary N) is 1. The van der Waals surface area contributed by atoms with Crippen LogP contribution in [0.25, 0.3) is 10.6 Å². The number of aromatic nitrogens is 4. The lowest BCUT2D eigenvalue weighted by Crippen LogP contribution is -2.26. The molecule has 0 aromatic carbocycles. The van der Waals surface area contributed by atoms with Crippen molar-refractivity contribution in [3.8, 4) is 10.6 Å². The molecular weight excluding hydrogens is 298 g/mol. The van der Waals surface area contributed by atoms with Gasteiger partial charge in [0.05, 0.1) is 22.8 Å². The predicted octanol–water partition coefficient (Wildman–Crippen LogP) is 2.63. The van der Waals surface area contributed by atoms with Gasteiger partial charge in [0.25, 0.3) is 5.91 Å². The summed E-state index contributed by atoms with van der Waals surface area (Å²) in [5.74, 6) is -0.120. The minimum absolute atomic E-state index is 0.120. The lowest BCUT2D eigenvalue weighted by Gasteiger charge is -2.13. The van der Waals surface area contributed by atoms with Gasteiger partial charge < -0.3 is 4.90 Å². The summed E-state index contributed by atoms with van der Waals surface area (Å²) in [6, 6.07) is 7.68. The van der Waals surface area contributed by atoms with Crippen LogP contribution in [0.3, 0.4) is 0 Å². The summed E-state index contributed by atoms with van der Waals surface area (Å²) in [5, 5.41) is 13.4. The molecule has 3 aromatic heterocycles. The average Bonchev–Trinajstić information content (AvgIpc) is 3.26. The van der Waals surface area contributed by atoms with Gasteiger partial charge in [0, 0.05) is 19.8 Å². The molecule has 3 aromatic rings. The van der Waals surface area contributed by atoms with E-state index in [0.29, 0.717) is 12.2 Å². The molecule has 0 aliphatic rings. The van der Waals surface area contributed by atoms with Gasteiger partial charge in [-0.05, 0) is 30.5 Å². The molecular formula is C15H17N5OS. The van der Waals surface area contributed by atoms with Gasteiger partial charge >= 0.3 is 0 Å². The number of amides is 1. The Bertz CT molecular complexity index is 759. The van der Waals surface area contributed by atoms with Crippen molar-refractivity contribution in [2.75, 3.05) is 7.05 Å². The zero-order valence-electron chi connectivity index (χ0n) is 12.5. The fourth-order valence-electron chi connectivity index (χ4n) is 2.16. The number of thiophene rings is 1. The number of aryl methyl sites for hydroxylation is 1. The fourth-order valence-corrected chi connectivity index (χ4v) is 2.86. The third-order valence-electron chi connectivity index (χ3n) is 3.35. The van der Waals surface area contributed by atoms with E-state index in [1.165, 1.54) is 0 Å². The Morgan fingerprint density at radius 2 is 2.32 bits per heavy atom. The molecule has 22 heavy (non-hydrogen) atoms. The number of hydrogen-bond acceptors (Lipinski definition) is 4. The normalized spacial score (nSPS) is 10.8. The highest BCUT2D eigenvalue weighted by molar-refractivity contribution is 7.13. The Balaban J connectivity index is 1.70. The molecule has 114 valence electrons. The molecule has 0 atom stereocenters. The highest BCUT2D eigenvalue weighted by atomic mass is 32.1. The number of rotatable bonds is 5. The van der Waals surface area contributed by atoms with Crippen LogP contribution in [0, 0.1) is 0 Å². The first-order chi connectivity index (χ1) is 10.7. The summed E-state index contributed by atoms with van der Waals surface area (Å²) in [4.78, 5) is 15.1.